The summed E-state index contributed by atoms with van der Waals surface area (Å²) in [6.45, 7) is 10.6. The number of aliphatic hydroxyl groups is 1. The minimum Gasteiger partial charge on any atom is -0.744 e. The first kappa shape index (κ1) is 69.7. The summed E-state index contributed by atoms with van der Waals surface area (Å²) in [5.41, 5.74) is 15.2. The first-order valence-electron chi connectivity index (χ1n) is 28.4. The fourth-order valence-electron chi connectivity index (χ4n) is 10.9. The molecule has 3 unspecified atom stereocenters. The molecule has 482 valence electrons. The van der Waals surface area contributed by atoms with Gasteiger partial charge in [-0.25, -0.2) is 37.1 Å². The van der Waals surface area contributed by atoms with Crippen LogP contribution in [0.4, 0.5) is 17.2 Å². The van der Waals surface area contributed by atoms with E-state index in [0.29, 0.717) is 82.3 Å². The second-order valence-electron chi connectivity index (χ2n) is 22.2. The van der Waals surface area contributed by atoms with E-state index in [1.165, 1.54) is 41.5 Å². The topological polar surface area (TPSA) is 430 Å². The molecule has 7 rings (SSSR count). The van der Waals surface area contributed by atoms with Crippen LogP contribution in [0, 0.1) is 0 Å². The predicted octanol–water partition coefficient (Wildman–Crippen LogP) is 6.66. The lowest BCUT2D eigenvalue weighted by Gasteiger charge is -2.25. The number of fused-ring (bicyclic) bond motifs is 3. The molecule has 3 aliphatic rings. The number of imidazole rings is 1. The number of unbranched alkanes of at least 4 members (excludes halogenated alkanes) is 8. The molecule has 10 N–H and O–H groups in total. The molecule has 7 atom stereocenters. The number of phosphoric acid groups is 3. The summed E-state index contributed by atoms with van der Waals surface area (Å²) in [5.74, 6) is -0.0942. The maximum Gasteiger partial charge on any atom is 0.490 e. The quantitative estimate of drug-likeness (QED) is 0.0105. The Morgan fingerprint density at radius 2 is 1.49 bits per heavy atom. The zero-order valence-corrected chi connectivity index (χ0v) is 53.3. The van der Waals surface area contributed by atoms with Gasteiger partial charge >= 0.3 is 23.5 Å². The zero-order chi connectivity index (χ0) is 63.8. The molecule has 34 heteroatoms. The average molecular weight is 1320 g/mol. The maximum atomic E-state index is 12.8. The number of carbonyl (C=O) groups is 1. The Bertz CT molecular complexity index is 3600. The molecule has 0 bridgehead atoms. The number of aromatic nitrogens is 4. The minimum atomic E-state index is -5.82. The van der Waals surface area contributed by atoms with Gasteiger partial charge in [0.2, 0.25) is 11.6 Å². The monoisotopic (exact) mass is 1320 g/mol. The molecule has 2 aromatic carbocycles. The Balaban J connectivity index is 0.825. The van der Waals surface area contributed by atoms with Crippen LogP contribution in [-0.2, 0) is 76.7 Å². The lowest BCUT2D eigenvalue weighted by molar-refractivity contribution is -0.438. The number of nitrogens with zero attached hydrogens (tertiary/aromatic N) is 6. The third-order valence-electron chi connectivity index (χ3n) is 15.3. The van der Waals surface area contributed by atoms with E-state index < -0.39 is 92.3 Å². The van der Waals surface area contributed by atoms with Gasteiger partial charge in [0.1, 0.15) is 46.8 Å². The standard InChI is InChI=1S/C53H78N9O20P3S2/c1-6-60-40-24-22-36(86(71,72)73)31-38(40)52(2,3)43(60)19-18-20-44-53(4,5)39-32-37(87(74,75)76)23-25-41(39)61(44)28-15-11-12-21-45(63)56-27-14-8-10-17-30-78-83(65,66)81-85(69,70)82-84(67,68)79-33-42-47(64)48(77-29-16-9-7-13-26-54)51(80-42)62-35-59-46-49(55)57-34-58-50(46)62/h18-20,22-25,31-32,34-35,42,47-48,51,64H,6-17,21,26-30,33,54H2,1-5H3,(H7-,55,56,57,58,63,65,66,67,68,69,70,71,72,73,74,75,76)/t42-,47-,48-,51-/m1/s1. The highest BCUT2D eigenvalue weighted by Gasteiger charge is 2.49. The van der Waals surface area contributed by atoms with E-state index in [9.17, 15) is 64.2 Å². The highest BCUT2D eigenvalue weighted by atomic mass is 32.2. The number of hydrogen-bond acceptors (Lipinski definition) is 22. The molecule has 0 spiro atoms. The Kier molecular flexibility index (Phi) is 23.3. The van der Waals surface area contributed by atoms with E-state index in [2.05, 4.69) is 38.4 Å². The van der Waals surface area contributed by atoms with Crippen LogP contribution in [0.15, 0.2) is 82.8 Å². The first-order chi connectivity index (χ1) is 40.8. The van der Waals surface area contributed by atoms with Crippen molar-refractivity contribution in [2.24, 2.45) is 5.73 Å². The van der Waals surface area contributed by atoms with E-state index in [1.54, 1.807) is 12.1 Å². The van der Waals surface area contributed by atoms with Gasteiger partial charge < -0.3 is 55.5 Å². The van der Waals surface area contributed by atoms with Gasteiger partial charge in [-0.15, -0.1) is 0 Å². The number of allylic oxidation sites excluding steroid dienone is 4. The number of aliphatic hydroxyl groups excluding tert-OH is 1. The molecule has 1 saturated heterocycles. The summed E-state index contributed by atoms with van der Waals surface area (Å²) in [6, 6.07) is 8.87. The SMILES string of the molecule is CCN1/C(=C/C=C/C2=[N+](CCCCCC(=O)NCCCCCCOP(=O)(O)OP(=O)(O)OP(=O)(O)OC[C@H]3O[C@@H](n4cnc5c(N)ncnc54)[C@H](OCCCCCCN)[C@@H]3O)c3ccc(S(=O)(=O)O)cc3C2(C)C)C(C)(C)c2cc(S(=O)(=O)[O-])ccc21. The second kappa shape index (κ2) is 29.1. The van der Waals surface area contributed by atoms with Crippen LogP contribution in [0.1, 0.15) is 129 Å². The van der Waals surface area contributed by atoms with E-state index in [1.807, 2.05) is 52.8 Å². The largest absolute Gasteiger partial charge is 0.744 e. The highest BCUT2D eigenvalue weighted by molar-refractivity contribution is 7.86. The molecule has 87 heavy (non-hydrogen) atoms. The number of hydrogen-bond donors (Lipinski definition) is 8. The van der Waals surface area contributed by atoms with Crippen LogP contribution in [0.5, 0.6) is 0 Å². The van der Waals surface area contributed by atoms with Crippen molar-refractivity contribution in [3.8, 4) is 0 Å². The molecule has 4 aromatic rings. The summed E-state index contributed by atoms with van der Waals surface area (Å²) < 4.78 is 142. The Morgan fingerprint density at radius 3 is 2.18 bits per heavy atom. The second-order valence-corrected chi connectivity index (χ2v) is 29.6. The molecule has 3 aliphatic heterocycles. The molecule has 0 saturated carbocycles. The number of nitrogen functional groups attached to an aromatic ring is 1. The number of nitrogens with two attached hydrogens (primary N) is 2. The van der Waals surface area contributed by atoms with Crippen molar-refractivity contribution in [3.63, 3.8) is 0 Å². The summed E-state index contributed by atoms with van der Waals surface area (Å²) in [7, 11) is -25.9. The summed E-state index contributed by atoms with van der Waals surface area (Å²) >= 11 is 0. The summed E-state index contributed by atoms with van der Waals surface area (Å²) in [6.07, 6.45) is 10.1. The van der Waals surface area contributed by atoms with Crippen molar-refractivity contribution in [1.82, 2.24) is 24.8 Å². The van der Waals surface area contributed by atoms with Crippen molar-refractivity contribution < 1.29 is 95.9 Å². The van der Waals surface area contributed by atoms with Crippen molar-refractivity contribution in [2.45, 2.75) is 157 Å². The Morgan fingerprint density at radius 1 is 0.839 bits per heavy atom. The molecular weight excluding hydrogens is 1240 g/mol. The summed E-state index contributed by atoms with van der Waals surface area (Å²) in [4.78, 5) is 57.3. The number of amides is 1. The normalized spacial score (nSPS) is 21.8. The Hall–Kier alpha value is -4.72. The van der Waals surface area contributed by atoms with Gasteiger partial charge in [0.15, 0.2) is 23.4 Å². The fourth-order valence-corrected chi connectivity index (χ4v) is 15.4. The number of rotatable bonds is 34. The van der Waals surface area contributed by atoms with Crippen LogP contribution >= 0.6 is 23.5 Å². The molecule has 2 aromatic heterocycles. The lowest BCUT2D eigenvalue weighted by Crippen LogP contribution is -2.36. The van der Waals surface area contributed by atoms with E-state index in [4.69, 9.17) is 30.0 Å². The third-order valence-corrected chi connectivity index (χ3v) is 21.2. The smallest absolute Gasteiger partial charge is 0.490 e. The van der Waals surface area contributed by atoms with Gasteiger partial charge in [0.05, 0.1) is 34.7 Å². The first-order valence-corrected chi connectivity index (χ1v) is 35.7. The van der Waals surface area contributed by atoms with Crippen molar-refractivity contribution >= 4 is 83.7 Å². The van der Waals surface area contributed by atoms with E-state index in [0.717, 1.165) is 42.0 Å². The van der Waals surface area contributed by atoms with Crippen LogP contribution in [0.3, 0.4) is 0 Å². The molecule has 5 heterocycles. The van der Waals surface area contributed by atoms with Gasteiger partial charge in [-0.2, -0.15) is 21.6 Å². The van der Waals surface area contributed by atoms with Crippen molar-refractivity contribution in [1.29, 1.82) is 0 Å². The fraction of sp³-hybridized carbons (Fsp3) is 0.566. The number of carbonyl (C=O) groups excluding carboxylic acids is 1. The van der Waals surface area contributed by atoms with Gasteiger partial charge in [-0.1, -0.05) is 45.6 Å². The summed E-state index contributed by atoms with van der Waals surface area (Å²) in [5, 5.41) is 14.1. The molecular formula is C53H78N9O20P3S2. The van der Waals surface area contributed by atoms with Crippen LogP contribution in [0.25, 0.3) is 11.2 Å². The van der Waals surface area contributed by atoms with Gasteiger partial charge in [-0.05, 0) is 108 Å². The Labute approximate surface area is 505 Å². The molecule has 1 fully saturated rings. The van der Waals surface area contributed by atoms with Gasteiger partial charge in [0, 0.05) is 67.0 Å². The van der Waals surface area contributed by atoms with E-state index in [-0.39, 0.29) is 52.1 Å². The number of likely N-dealkylation sites (N-methyl/N-ethyl adjacent to an activating group) is 1. The number of ether oxygens (including phenoxy) is 2. The van der Waals surface area contributed by atoms with E-state index >= 15 is 0 Å². The molecule has 1 amide bonds. The lowest BCUT2D eigenvalue weighted by atomic mass is 9.81. The van der Waals surface area contributed by atoms with Crippen LogP contribution in [-0.4, -0.2) is 146 Å². The van der Waals surface area contributed by atoms with Crippen molar-refractivity contribution in [3.05, 3.63) is 84.1 Å². The van der Waals surface area contributed by atoms with Crippen LogP contribution in [0.2, 0.25) is 0 Å². The number of phosphoric ester groups is 2. The number of benzene rings is 2. The van der Waals surface area contributed by atoms with Crippen LogP contribution < -0.4 is 21.7 Å². The predicted molar refractivity (Wildman–Crippen MR) is 317 cm³/mol. The molecule has 29 nitrogen and oxygen atoms in total. The average Bonchev–Trinajstić information content (AvgIpc) is 1.62. The zero-order valence-electron chi connectivity index (χ0n) is 49.0. The van der Waals surface area contributed by atoms with Gasteiger partial charge in [0.25, 0.3) is 10.1 Å². The number of nitrogens with one attached hydrogen (secondary N) is 1. The number of anilines is 2. The minimum absolute atomic E-state index is 0.0710. The van der Waals surface area contributed by atoms with Gasteiger partial charge in [-0.3, -0.25) is 23.0 Å². The highest BCUT2D eigenvalue weighted by Crippen LogP contribution is 2.68. The molecule has 0 aliphatic carbocycles. The molecule has 0 radical (unpaired) electrons. The maximum absolute atomic E-state index is 12.8. The van der Waals surface area contributed by atoms with Crippen molar-refractivity contribution in [2.75, 3.05) is 56.6 Å². The third kappa shape index (κ3) is 17.6.